The molecule has 0 saturated heterocycles. The van der Waals surface area contributed by atoms with Gasteiger partial charge in [0, 0.05) is 0 Å². The van der Waals surface area contributed by atoms with Crippen LogP contribution in [0.25, 0.3) is 22.1 Å². The molecule has 2 aromatic heterocycles. The molecular weight excluding hydrogens is 584 g/mol. The van der Waals surface area contributed by atoms with Crippen molar-refractivity contribution in [3.8, 4) is 0 Å². The first-order valence-electron chi connectivity index (χ1n) is 17.9. The molecule has 2 aliphatic carbocycles. The van der Waals surface area contributed by atoms with E-state index in [2.05, 4.69) is 69.2 Å². The van der Waals surface area contributed by atoms with Crippen molar-refractivity contribution in [1.82, 2.24) is 30.0 Å². The fourth-order valence-electron chi connectivity index (χ4n) is 8.47. The first-order valence-corrected chi connectivity index (χ1v) is 17.9. The Morgan fingerprint density at radius 2 is 0.830 bits per heavy atom. The lowest BCUT2D eigenvalue weighted by Crippen LogP contribution is -2.50. The molecule has 256 valence electrons. The van der Waals surface area contributed by atoms with Gasteiger partial charge in [-0.25, -0.2) is 0 Å². The molecule has 47 heavy (non-hydrogen) atoms. The number of fused-ring (bicyclic) bond motifs is 2. The van der Waals surface area contributed by atoms with Gasteiger partial charge < -0.3 is 10.2 Å². The summed E-state index contributed by atoms with van der Waals surface area (Å²) in [5.74, 6) is 0.699. The SMILES string of the molecule is CC(C)(C)C(C)(C)C1CC(CC2CC(C(C)(C)C(C)(C)C)CC(n3nc4ccccc4n3)C2O)C(O)C(n2nc3ccccc3n2)C1. The summed E-state index contributed by atoms with van der Waals surface area (Å²) in [6.45, 7) is 23.5. The van der Waals surface area contributed by atoms with Crippen LogP contribution in [-0.4, -0.2) is 52.4 Å². The van der Waals surface area contributed by atoms with Gasteiger partial charge in [-0.05, 0) is 102 Å². The summed E-state index contributed by atoms with van der Waals surface area (Å²) in [4.78, 5) is 3.61. The number of aromatic nitrogens is 6. The van der Waals surface area contributed by atoms with Crippen LogP contribution >= 0.6 is 0 Å². The predicted octanol–water partition coefficient (Wildman–Crippen LogP) is 8.27. The Hall–Kier alpha value is -2.84. The molecule has 4 aromatic rings. The van der Waals surface area contributed by atoms with Crippen molar-refractivity contribution < 1.29 is 10.2 Å². The van der Waals surface area contributed by atoms with Crippen molar-refractivity contribution in [1.29, 1.82) is 0 Å². The summed E-state index contributed by atoms with van der Waals surface area (Å²) in [5, 5.41) is 44.0. The summed E-state index contributed by atoms with van der Waals surface area (Å²) >= 11 is 0. The summed E-state index contributed by atoms with van der Waals surface area (Å²) in [7, 11) is 0. The van der Waals surface area contributed by atoms with Crippen LogP contribution in [0.15, 0.2) is 48.5 Å². The molecule has 2 saturated carbocycles. The summed E-state index contributed by atoms with van der Waals surface area (Å²) in [6.07, 6.45) is 2.98. The van der Waals surface area contributed by atoms with E-state index in [4.69, 9.17) is 20.4 Å². The molecule has 2 aromatic carbocycles. The van der Waals surface area contributed by atoms with E-state index in [1.807, 2.05) is 48.5 Å². The molecule has 2 heterocycles. The van der Waals surface area contributed by atoms with Crippen LogP contribution in [-0.2, 0) is 0 Å². The fraction of sp³-hybridized carbons (Fsp3) is 0.692. The minimum absolute atomic E-state index is 0.00376. The Morgan fingerprint density at radius 1 is 0.532 bits per heavy atom. The molecule has 8 nitrogen and oxygen atoms in total. The van der Waals surface area contributed by atoms with Gasteiger partial charge in [-0.2, -0.15) is 30.0 Å². The zero-order valence-corrected chi connectivity index (χ0v) is 30.4. The van der Waals surface area contributed by atoms with Crippen molar-refractivity contribution in [2.24, 2.45) is 45.3 Å². The second-order valence-corrected chi connectivity index (χ2v) is 18.2. The van der Waals surface area contributed by atoms with Crippen molar-refractivity contribution in [2.45, 2.75) is 126 Å². The number of nitrogens with zero attached hydrogens (tertiary/aromatic N) is 6. The third-order valence-corrected chi connectivity index (χ3v) is 13.7. The Morgan fingerprint density at radius 3 is 1.11 bits per heavy atom. The molecule has 2 aliphatic rings. The van der Waals surface area contributed by atoms with Gasteiger partial charge in [0.1, 0.15) is 22.1 Å². The van der Waals surface area contributed by atoms with Gasteiger partial charge in [0.15, 0.2) is 0 Å². The predicted molar refractivity (Wildman–Crippen MR) is 189 cm³/mol. The van der Waals surface area contributed by atoms with Gasteiger partial charge in [0.25, 0.3) is 0 Å². The maximum Gasteiger partial charge on any atom is 0.113 e. The van der Waals surface area contributed by atoms with E-state index in [-0.39, 0.29) is 45.6 Å². The third kappa shape index (κ3) is 6.14. The van der Waals surface area contributed by atoms with Gasteiger partial charge in [-0.1, -0.05) is 93.5 Å². The number of hydrogen-bond donors (Lipinski definition) is 2. The topological polar surface area (TPSA) is 102 Å². The average molecular weight is 643 g/mol. The number of rotatable bonds is 6. The van der Waals surface area contributed by atoms with E-state index < -0.39 is 12.2 Å². The third-order valence-electron chi connectivity index (χ3n) is 13.7. The van der Waals surface area contributed by atoms with E-state index in [0.717, 1.165) is 54.2 Å². The van der Waals surface area contributed by atoms with E-state index in [1.165, 1.54) is 0 Å². The van der Waals surface area contributed by atoms with Crippen molar-refractivity contribution in [2.75, 3.05) is 0 Å². The van der Waals surface area contributed by atoms with E-state index >= 15 is 0 Å². The van der Waals surface area contributed by atoms with E-state index in [1.54, 1.807) is 9.59 Å². The van der Waals surface area contributed by atoms with Gasteiger partial charge in [0.05, 0.1) is 24.3 Å². The Bertz CT molecular complexity index is 1500. The zero-order valence-electron chi connectivity index (χ0n) is 30.4. The molecule has 8 atom stereocenters. The molecule has 8 heteroatoms. The molecule has 0 radical (unpaired) electrons. The van der Waals surface area contributed by atoms with Gasteiger partial charge >= 0.3 is 0 Å². The largest absolute Gasteiger partial charge is 0.391 e. The zero-order chi connectivity index (χ0) is 34.1. The lowest BCUT2D eigenvalue weighted by Gasteiger charge is -2.53. The highest BCUT2D eigenvalue weighted by Gasteiger charge is 2.52. The normalized spacial score (nSPS) is 29.9. The van der Waals surface area contributed by atoms with Crippen LogP contribution in [0.2, 0.25) is 0 Å². The fourth-order valence-corrected chi connectivity index (χ4v) is 8.47. The summed E-state index contributed by atoms with van der Waals surface area (Å²) < 4.78 is 0. The second kappa shape index (κ2) is 11.9. The van der Waals surface area contributed by atoms with Crippen LogP contribution in [0.4, 0.5) is 0 Å². The van der Waals surface area contributed by atoms with Crippen molar-refractivity contribution in [3.63, 3.8) is 0 Å². The van der Waals surface area contributed by atoms with Crippen LogP contribution in [0.1, 0.15) is 113 Å². The molecule has 2 fully saturated rings. The smallest absolute Gasteiger partial charge is 0.113 e. The maximum atomic E-state index is 12.2. The summed E-state index contributed by atoms with van der Waals surface area (Å²) in [5.41, 5.74) is 3.58. The molecule has 0 aliphatic heterocycles. The standard InChI is InChI=1S/C39H58N6O2/c1-36(2,3)38(7,8)26-20-24(34(46)32(22-26)44-40-28-15-11-12-16-29(28)41-44)19-25-21-27(39(9,10)37(4,5)6)23-33(35(25)47)45-42-30-17-13-14-18-31(30)43-45/h11-18,24-27,32-35,46-47H,19-23H2,1-10H3. The average Bonchev–Trinajstić information content (AvgIpc) is 3.62. The van der Waals surface area contributed by atoms with Crippen LogP contribution < -0.4 is 0 Å². The number of benzene rings is 2. The van der Waals surface area contributed by atoms with Crippen molar-refractivity contribution in [3.05, 3.63) is 48.5 Å². The number of hydrogen-bond acceptors (Lipinski definition) is 6. The monoisotopic (exact) mass is 642 g/mol. The Kier molecular flexibility index (Phi) is 8.65. The second-order valence-electron chi connectivity index (χ2n) is 18.2. The highest BCUT2D eigenvalue weighted by molar-refractivity contribution is 5.73. The highest BCUT2D eigenvalue weighted by atomic mass is 16.3. The highest BCUT2D eigenvalue weighted by Crippen LogP contribution is 2.56. The quantitative estimate of drug-likeness (QED) is 0.220. The van der Waals surface area contributed by atoms with E-state index in [0.29, 0.717) is 11.8 Å². The molecular formula is C39H58N6O2. The van der Waals surface area contributed by atoms with Crippen molar-refractivity contribution >= 4 is 22.1 Å². The van der Waals surface area contributed by atoms with Crippen LogP contribution in [0.3, 0.4) is 0 Å². The van der Waals surface area contributed by atoms with Gasteiger partial charge in [-0.15, -0.1) is 0 Å². The minimum Gasteiger partial charge on any atom is -0.391 e. The lowest BCUT2D eigenvalue weighted by atomic mass is 9.54. The molecule has 0 bridgehead atoms. The Labute approximate surface area is 281 Å². The lowest BCUT2D eigenvalue weighted by molar-refractivity contribution is -0.0955. The number of aliphatic hydroxyl groups is 2. The van der Waals surface area contributed by atoms with E-state index in [9.17, 15) is 10.2 Å². The maximum absolute atomic E-state index is 12.2. The molecule has 0 spiro atoms. The van der Waals surface area contributed by atoms with Gasteiger partial charge in [0.2, 0.25) is 0 Å². The Balaban J connectivity index is 1.37. The first kappa shape index (κ1) is 34.0. The summed E-state index contributed by atoms with van der Waals surface area (Å²) in [6, 6.07) is 15.4. The molecule has 6 rings (SSSR count). The molecule has 0 amide bonds. The number of aliphatic hydroxyl groups excluding tert-OH is 2. The minimum atomic E-state index is -0.615. The first-order chi connectivity index (χ1) is 21.9. The molecule has 2 N–H and O–H groups in total. The molecule has 8 unspecified atom stereocenters. The van der Waals surface area contributed by atoms with Gasteiger partial charge in [-0.3, -0.25) is 0 Å². The van der Waals surface area contributed by atoms with Crippen LogP contribution in [0, 0.1) is 45.3 Å². The van der Waals surface area contributed by atoms with Crippen LogP contribution in [0.5, 0.6) is 0 Å².